The molecule has 230 valence electrons. The standard InChI is InChI=1S/C6H18O25P6.H2O/c7-1-2(8)4(10)6(12,5(11)3(1)9)26-33(16,17)28-35(20,21)30-37(24,25)31-36(22,23)29-34(18,19)27-32(13,14)15;/h1-5,7-12H,(H,16,17)(H,18,19)(H,20,21)(H,22,23)(H,24,25)(H2,13,14,15);1H2/t1-,2-,3+,4-,5-,6-;/m1./s1. The summed E-state index contributed by atoms with van der Waals surface area (Å²) in [5.74, 6) is -3.96. The van der Waals surface area contributed by atoms with Gasteiger partial charge in [0, 0.05) is 0 Å². The molecule has 1 fully saturated rings. The highest BCUT2D eigenvalue weighted by Crippen LogP contribution is 2.75. The summed E-state index contributed by atoms with van der Waals surface area (Å²) in [6.45, 7) is 0. The van der Waals surface area contributed by atoms with Crippen LogP contribution in [0, 0.1) is 0 Å². The Morgan fingerprint density at radius 2 is 0.737 bits per heavy atom. The van der Waals surface area contributed by atoms with Crippen LogP contribution in [0.5, 0.6) is 0 Å². The first-order valence-corrected chi connectivity index (χ1v) is 17.1. The molecule has 0 radical (unpaired) electrons. The molecule has 15 N–H and O–H groups in total. The highest BCUT2D eigenvalue weighted by atomic mass is 31.3. The zero-order valence-corrected chi connectivity index (χ0v) is 22.6. The second kappa shape index (κ2) is 12.4. The topological polar surface area (TPSA) is 452 Å². The van der Waals surface area contributed by atoms with E-state index in [-0.39, 0.29) is 5.48 Å². The summed E-state index contributed by atoms with van der Waals surface area (Å²) < 4.78 is 88.7. The molecule has 38 heavy (non-hydrogen) atoms. The minimum Gasteiger partial charge on any atom is -0.412 e. The van der Waals surface area contributed by atoms with E-state index in [1.807, 2.05) is 0 Å². The van der Waals surface area contributed by atoms with Crippen molar-refractivity contribution < 1.29 is 124 Å². The average molecular weight is 694 g/mol. The number of phosphoric ester groups is 1. The predicted molar refractivity (Wildman–Crippen MR) is 106 cm³/mol. The zero-order chi connectivity index (χ0) is 29.6. The Balaban J connectivity index is 0.0000137. The second-order valence-electron chi connectivity index (χ2n) is 6.45. The maximum atomic E-state index is 12.0. The molecule has 0 amide bonds. The lowest BCUT2D eigenvalue weighted by Crippen LogP contribution is -2.71. The number of phosphoric acid groups is 6. The molecule has 11 atom stereocenters. The van der Waals surface area contributed by atoms with E-state index in [2.05, 4.69) is 26.1 Å². The molecular weight excluding hydrogens is 674 g/mol. The van der Waals surface area contributed by atoms with Crippen molar-refractivity contribution in [2.45, 2.75) is 36.3 Å². The first-order valence-electron chi connectivity index (χ1n) is 8.13. The SMILES string of the molecule is O.O=P(O)(O)OP(=O)(O)OP(=O)(O)OP(=O)(O)OP(=O)(O)OP(=O)(O)O[C@]1(O)[C@H](O)[C@H](O)[C@@H](O)[C@H](O)[C@H]1O. The maximum absolute atomic E-state index is 12.0. The van der Waals surface area contributed by atoms with Crippen LogP contribution >= 0.6 is 46.9 Å². The third-order valence-corrected chi connectivity index (χ3v) is 12.3. The third-order valence-electron chi connectivity index (χ3n) is 3.49. The predicted octanol–water partition coefficient (Wildman–Crippen LogP) is -4.64. The Kier molecular flexibility index (Phi) is 12.6. The molecule has 1 aliphatic carbocycles. The van der Waals surface area contributed by atoms with E-state index in [1.165, 1.54) is 0 Å². The molecule has 32 heteroatoms. The van der Waals surface area contributed by atoms with E-state index in [4.69, 9.17) is 19.6 Å². The first-order chi connectivity index (χ1) is 16.0. The van der Waals surface area contributed by atoms with Gasteiger partial charge in [-0.05, 0) is 0 Å². The van der Waals surface area contributed by atoms with Crippen molar-refractivity contribution in [3.63, 3.8) is 0 Å². The molecule has 5 unspecified atom stereocenters. The van der Waals surface area contributed by atoms with Gasteiger partial charge < -0.3 is 70.4 Å². The van der Waals surface area contributed by atoms with E-state index >= 15 is 0 Å². The monoisotopic (exact) mass is 694 g/mol. The van der Waals surface area contributed by atoms with E-state index in [0.717, 1.165) is 0 Å². The summed E-state index contributed by atoms with van der Waals surface area (Å²) in [6.07, 6.45) is -13.5. The average Bonchev–Trinajstić information content (AvgIpc) is 2.56. The van der Waals surface area contributed by atoms with Crippen LogP contribution in [0.25, 0.3) is 0 Å². The molecule has 0 saturated heterocycles. The van der Waals surface area contributed by atoms with Gasteiger partial charge in [0.2, 0.25) is 5.79 Å². The lowest BCUT2D eigenvalue weighted by atomic mass is 9.82. The van der Waals surface area contributed by atoms with Crippen molar-refractivity contribution in [1.29, 1.82) is 0 Å². The number of rotatable bonds is 12. The Bertz CT molecular complexity index is 1110. The van der Waals surface area contributed by atoms with Crippen LogP contribution in [0.3, 0.4) is 0 Å². The van der Waals surface area contributed by atoms with E-state index in [0.29, 0.717) is 0 Å². The summed E-state index contributed by atoms with van der Waals surface area (Å²) in [4.78, 5) is 62.9. The van der Waals surface area contributed by atoms with Crippen LogP contribution in [-0.2, 0) is 53.5 Å². The Hall–Kier alpha value is 0.580. The molecule has 0 spiro atoms. The lowest BCUT2D eigenvalue weighted by Gasteiger charge is -2.46. The van der Waals surface area contributed by atoms with Crippen molar-refractivity contribution in [2.75, 3.05) is 0 Å². The maximum Gasteiger partial charge on any atom is 0.490 e. The minimum atomic E-state index is -6.59. The summed E-state index contributed by atoms with van der Waals surface area (Å²) in [7, 11) is -38.3. The van der Waals surface area contributed by atoms with Crippen LogP contribution in [0.2, 0.25) is 0 Å². The third kappa shape index (κ3) is 11.1. The van der Waals surface area contributed by atoms with Crippen LogP contribution in [0.1, 0.15) is 0 Å². The molecule has 1 aliphatic rings. The van der Waals surface area contributed by atoms with Gasteiger partial charge in [-0.3, -0.25) is 0 Å². The van der Waals surface area contributed by atoms with E-state index in [1.54, 1.807) is 0 Å². The van der Waals surface area contributed by atoms with Gasteiger partial charge in [-0.1, -0.05) is 0 Å². The zero-order valence-electron chi connectivity index (χ0n) is 17.3. The Morgan fingerprint density at radius 1 is 0.474 bits per heavy atom. The normalized spacial score (nSPS) is 36.4. The molecule has 0 bridgehead atoms. The Morgan fingerprint density at radius 3 is 1.03 bits per heavy atom. The van der Waals surface area contributed by atoms with E-state index < -0.39 is 83.2 Å². The van der Waals surface area contributed by atoms with Crippen molar-refractivity contribution in [3.8, 4) is 0 Å². The molecule has 1 saturated carbocycles. The van der Waals surface area contributed by atoms with Crippen LogP contribution in [0.4, 0.5) is 0 Å². The number of aliphatic hydroxyl groups is 6. The summed E-state index contributed by atoms with van der Waals surface area (Å²) in [5, 5.41) is 57.9. The van der Waals surface area contributed by atoms with Crippen molar-refractivity contribution in [3.05, 3.63) is 0 Å². The number of hydrogen-bond acceptors (Lipinski definition) is 18. The fraction of sp³-hybridized carbons (Fsp3) is 1.00. The minimum absolute atomic E-state index is 0. The van der Waals surface area contributed by atoms with Gasteiger partial charge in [0.1, 0.15) is 30.5 Å². The molecule has 0 heterocycles. The molecule has 0 aromatic heterocycles. The molecular formula is C6H20O26P6. The van der Waals surface area contributed by atoms with Crippen LogP contribution < -0.4 is 0 Å². The quantitative estimate of drug-likeness (QED) is 0.0674. The number of hydrogen-bond donors (Lipinski definition) is 13. The van der Waals surface area contributed by atoms with Crippen molar-refractivity contribution >= 4 is 46.9 Å². The lowest BCUT2D eigenvalue weighted by molar-refractivity contribution is -0.336. The highest BCUT2D eigenvalue weighted by Gasteiger charge is 2.62. The van der Waals surface area contributed by atoms with Gasteiger partial charge in [0.05, 0.1) is 0 Å². The molecule has 26 nitrogen and oxygen atoms in total. The largest absolute Gasteiger partial charge is 0.490 e. The van der Waals surface area contributed by atoms with Gasteiger partial charge in [-0.15, -0.1) is 0 Å². The number of aliphatic hydroxyl groups excluding tert-OH is 5. The highest BCUT2D eigenvalue weighted by molar-refractivity contribution is 7.72. The molecule has 0 aromatic rings. The summed E-state index contributed by atoms with van der Waals surface area (Å²) in [6, 6.07) is 0. The van der Waals surface area contributed by atoms with Gasteiger partial charge in [-0.2, -0.15) is 21.6 Å². The van der Waals surface area contributed by atoms with Gasteiger partial charge in [0.15, 0.2) is 0 Å². The van der Waals surface area contributed by atoms with Crippen LogP contribution in [0.15, 0.2) is 0 Å². The van der Waals surface area contributed by atoms with Crippen molar-refractivity contribution in [1.82, 2.24) is 0 Å². The fourth-order valence-electron chi connectivity index (χ4n) is 2.26. The van der Waals surface area contributed by atoms with E-state index in [9.17, 15) is 72.7 Å². The van der Waals surface area contributed by atoms with Crippen molar-refractivity contribution in [2.24, 2.45) is 0 Å². The van der Waals surface area contributed by atoms with Gasteiger partial charge >= 0.3 is 46.9 Å². The van der Waals surface area contributed by atoms with Gasteiger partial charge in [-0.25, -0.2) is 31.9 Å². The second-order valence-corrected chi connectivity index (χ2v) is 15.6. The summed E-state index contributed by atoms with van der Waals surface area (Å²) >= 11 is 0. The Labute approximate surface area is 207 Å². The van der Waals surface area contributed by atoms with Gasteiger partial charge in [0.25, 0.3) is 0 Å². The molecule has 0 aliphatic heterocycles. The molecule has 0 aromatic carbocycles. The smallest absolute Gasteiger partial charge is 0.412 e. The summed E-state index contributed by atoms with van der Waals surface area (Å²) in [5.41, 5.74) is 0. The first kappa shape index (κ1) is 38.6. The molecule has 1 rings (SSSR count). The fourth-order valence-corrected chi connectivity index (χ4v) is 9.78. The van der Waals surface area contributed by atoms with Crippen LogP contribution in [-0.4, -0.2) is 107 Å².